The first-order valence-electron chi connectivity index (χ1n) is 13.4. The van der Waals surface area contributed by atoms with Crippen molar-refractivity contribution in [1.29, 1.82) is 0 Å². The molecule has 9 heteroatoms. The second kappa shape index (κ2) is 15.7. The molecule has 1 saturated heterocycles. The molecule has 1 aliphatic heterocycles. The molecule has 4 rings (SSSR count). The number of benzene rings is 3. The molecule has 1 amide bonds. The SMILES string of the molecule is NCCOCCOCCOCCN1CC(=O)N(CCc2ccc(Cl)cc2Br)C(c2ccc3ccccc3c2)C1. The predicted molar refractivity (Wildman–Crippen MR) is 159 cm³/mol. The molecule has 2 N–H and O–H groups in total. The van der Waals surface area contributed by atoms with Crippen LogP contribution in [0.3, 0.4) is 0 Å². The van der Waals surface area contributed by atoms with Crippen LogP contribution in [0.1, 0.15) is 17.2 Å². The van der Waals surface area contributed by atoms with Crippen molar-refractivity contribution in [3.63, 3.8) is 0 Å². The van der Waals surface area contributed by atoms with E-state index in [0.717, 1.165) is 28.6 Å². The summed E-state index contributed by atoms with van der Waals surface area (Å²) in [5.41, 5.74) is 7.67. The van der Waals surface area contributed by atoms with Gasteiger partial charge in [-0.1, -0.05) is 70.0 Å². The van der Waals surface area contributed by atoms with Gasteiger partial charge >= 0.3 is 0 Å². The summed E-state index contributed by atoms with van der Waals surface area (Å²) in [6, 6.07) is 20.6. The second-order valence-corrected chi connectivity index (χ2v) is 10.8. The normalized spacial score (nSPS) is 16.3. The number of ether oxygens (including phenoxy) is 3. The van der Waals surface area contributed by atoms with Crippen molar-refractivity contribution in [3.8, 4) is 0 Å². The molecule has 0 bridgehead atoms. The maximum atomic E-state index is 13.5. The first-order valence-corrected chi connectivity index (χ1v) is 14.6. The maximum Gasteiger partial charge on any atom is 0.237 e. The number of carbonyl (C=O) groups excluding carboxylic acids is 1. The van der Waals surface area contributed by atoms with Gasteiger partial charge in [0.05, 0.1) is 52.2 Å². The molecule has 1 atom stereocenters. The Morgan fingerprint density at radius 1 is 0.872 bits per heavy atom. The number of amides is 1. The lowest BCUT2D eigenvalue weighted by Crippen LogP contribution is -2.53. The van der Waals surface area contributed by atoms with Gasteiger partial charge < -0.3 is 24.8 Å². The summed E-state index contributed by atoms with van der Waals surface area (Å²) in [4.78, 5) is 17.7. The van der Waals surface area contributed by atoms with E-state index in [2.05, 4.69) is 57.2 Å². The lowest BCUT2D eigenvalue weighted by molar-refractivity contribution is -0.140. The predicted octanol–water partition coefficient (Wildman–Crippen LogP) is 4.69. The highest BCUT2D eigenvalue weighted by Crippen LogP contribution is 2.30. The topological polar surface area (TPSA) is 77.3 Å². The lowest BCUT2D eigenvalue weighted by atomic mass is 9.98. The average molecular weight is 619 g/mol. The smallest absolute Gasteiger partial charge is 0.237 e. The Labute approximate surface area is 244 Å². The van der Waals surface area contributed by atoms with E-state index in [0.29, 0.717) is 70.8 Å². The van der Waals surface area contributed by atoms with Crippen LogP contribution in [-0.2, 0) is 25.4 Å². The summed E-state index contributed by atoms with van der Waals surface area (Å²) in [5, 5.41) is 3.06. The van der Waals surface area contributed by atoms with Crippen molar-refractivity contribution in [2.75, 3.05) is 72.4 Å². The molecule has 0 saturated carbocycles. The Balaban J connectivity index is 1.36. The molecule has 210 valence electrons. The molecule has 0 aromatic heterocycles. The van der Waals surface area contributed by atoms with Gasteiger partial charge in [-0.05, 0) is 46.5 Å². The standard InChI is InChI=1S/C30H37BrClN3O4/c31-28-20-27(32)8-7-24(28)9-11-35-29(26-6-5-23-3-1-2-4-25(23)19-26)21-34(22-30(35)36)12-14-38-16-18-39-17-15-37-13-10-33/h1-8,19-20,29H,9-18,21-22,33H2. The highest BCUT2D eigenvalue weighted by atomic mass is 79.9. The molecule has 1 aliphatic rings. The number of fused-ring (bicyclic) bond motifs is 1. The van der Waals surface area contributed by atoms with Crippen LogP contribution in [0.2, 0.25) is 5.02 Å². The van der Waals surface area contributed by atoms with Crippen molar-refractivity contribution < 1.29 is 19.0 Å². The number of hydrogen-bond donors (Lipinski definition) is 1. The van der Waals surface area contributed by atoms with E-state index in [-0.39, 0.29) is 11.9 Å². The van der Waals surface area contributed by atoms with Crippen molar-refractivity contribution in [2.24, 2.45) is 5.73 Å². The van der Waals surface area contributed by atoms with Crippen LogP contribution in [0.15, 0.2) is 65.1 Å². The van der Waals surface area contributed by atoms with Gasteiger partial charge in [0.2, 0.25) is 5.91 Å². The van der Waals surface area contributed by atoms with E-state index >= 15 is 0 Å². The van der Waals surface area contributed by atoms with Crippen LogP contribution in [-0.4, -0.2) is 88.1 Å². The zero-order valence-corrected chi connectivity index (χ0v) is 24.5. The average Bonchev–Trinajstić information content (AvgIpc) is 2.94. The van der Waals surface area contributed by atoms with Gasteiger partial charge in [0.25, 0.3) is 0 Å². The van der Waals surface area contributed by atoms with Gasteiger partial charge in [0.15, 0.2) is 0 Å². The number of halogens is 2. The zero-order valence-electron chi connectivity index (χ0n) is 22.2. The lowest BCUT2D eigenvalue weighted by Gasteiger charge is -2.41. The molecule has 1 heterocycles. The fraction of sp³-hybridized carbons (Fsp3) is 0.433. The van der Waals surface area contributed by atoms with E-state index in [1.807, 2.05) is 29.2 Å². The minimum Gasteiger partial charge on any atom is -0.378 e. The van der Waals surface area contributed by atoms with Crippen molar-refractivity contribution in [1.82, 2.24) is 9.80 Å². The quantitative estimate of drug-likeness (QED) is 0.249. The summed E-state index contributed by atoms with van der Waals surface area (Å²) >= 11 is 9.75. The first-order chi connectivity index (χ1) is 19.0. The number of carbonyl (C=O) groups is 1. The number of rotatable bonds is 15. The summed E-state index contributed by atoms with van der Waals surface area (Å²) in [6.45, 7) is 6.14. The molecule has 0 radical (unpaired) electrons. The van der Waals surface area contributed by atoms with Crippen LogP contribution >= 0.6 is 27.5 Å². The minimum absolute atomic E-state index is 0.0428. The highest BCUT2D eigenvalue weighted by Gasteiger charge is 2.33. The molecule has 39 heavy (non-hydrogen) atoms. The number of piperazine rings is 1. The third kappa shape index (κ3) is 8.98. The summed E-state index contributed by atoms with van der Waals surface area (Å²) < 4.78 is 17.6. The van der Waals surface area contributed by atoms with E-state index in [4.69, 9.17) is 31.5 Å². The Kier molecular flexibility index (Phi) is 12.0. The molecule has 0 aliphatic carbocycles. The van der Waals surface area contributed by atoms with Crippen molar-refractivity contribution in [2.45, 2.75) is 12.5 Å². The van der Waals surface area contributed by atoms with Crippen LogP contribution < -0.4 is 5.73 Å². The van der Waals surface area contributed by atoms with Gasteiger partial charge in [-0.15, -0.1) is 0 Å². The zero-order chi connectivity index (χ0) is 27.5. The summed E-state index contributed by atoms with van der Waals surface area (Å²) in [5.74, 6) is 0.130. The van der Waals surface area contributed by atoms with E-state index in [1.165, 1.54) is 10.8 Å². The van der Waals surface area contributed by atoms with E-state index in [1.54, 1.807) is 0 Å². The molecular weight excluding hydrogens is 582 g/mol. The van der Waals surface area contributed by atoms with Gasteiger partial charge in [-0.3, -0.25) is 9.69 Å². The molecule has 1 unspecified atom stereocenters. The Bertz CT molecular complexity index is 1210. The molecule has 0 spiro atoms. The summed E-state index contributed by atoms with van der Waals surface area (Å²) in [7, 11) is 0. The van der Waals surface area contributed by atoms with Gasteiger partial charge in [-0.2, -0.15) is 0 Å². The Morgan fingerprint density at radius 3 is 2.33 bits per heavy atom. The highest BCUT2D eigenvalue weighted by molar-refractivity contribution is 9.10. The Morgan fingerprint density at radius 2 is 1.59 bits per heavy atom. The number of hydrogen-bond acceptors (Lipinski definition) is 6. The van der Waals surface area contributed by atoms with E-state index < -0.39 is 0 Å². The number of nitrogens with zero attached hydrogens (tertiary/aromatic N) is 2. The van der Waals surface area contributed by atoms with Crippen LogP contribution in [0.5, 0.6) is 0 Å². The summed E-state index contributed by atoms with van der Waals surface area (Å²) in [6.07, 6.45) is 0.744. The molecule has 3 aromatic rings. The van der Waals surface area contributed by atoms with Crippen LogP contribution in [0.4, 0.5) is 0 Å². The molecule has 1 fully saturated rings. The Hall–Kier alpha value is -2.04. The monoisotopic (exact) mass is 617 g/mol. The molecular formula is C30H37BrClN3O4. The third-order valence-corrected chi connectivity index (χ3v) is 7.81. The number of nitrogens with two attached hydrogens (primary N) is 1. The van der Waals surface area contributed by atoms with Crippen molar-refractivity contribution in [3.05, 3.63) is 81.3 Å². The van der Waals surface area contributed by atoms with Crippen LogP contribution in [0.25, 0.3) is 10.8 Å². The maximum absolute atomic E-state index is 13.5. The third-order valence-electron chi connectivity index (χ3n) is 6.84. The largest absolute Gasteiger partial charge is 0.378 e. The van der Waals surface area contributed by atoms with Crippen molar-refractivity contribution >= 4 is 44.2 Å². The van der Waals surface area contributed by atoms with Gasteiger partial charge in [0, 0.05) is 35.7 Å². The van der Waals surface area contributed by atoms with E-state index in [9.17, 15) is 4.79 Å². The minimum atomic E-state index is -0.0428. The first kappa shape index (κ1) is 29.9. The fourth-order valence-electron chi connectivity index (χ4n) is 4.80. The fourth-order valence-corrected chi connectivity index (χ4v) is 5.68. The second-order valence-electron chi connectivity index (χ2n) is 9.56. The van der Waals surface area contributed by atoms with Crippen LogP contribution in [0, 0.1) is 0 Å². The molecule has 7 nitrogen and oxygen atoms in total. The van der Waals surface area contributed by atoms with Gasteiger partial charge in [-0.25, -0.2) is 0 Å². The molecule has 3 aromatic carbocycles. The van der Waals surface area contributed by atoms with Gasteiger partial charge in [0.1, 0.15) is 0 Å².